The summed E-state index contributed by atoms with van der Waals surface area (Å²) in [6.45, 7) is 3.29. The molecule has 0 radical (unpaired) electrons. The molecule has 5 rings (SSSR count). The number of hydrogen-bond acceptors (Lipinski definition) is 2. The lowest BCUT2D eigenvalue weighted by Crippen LogP contribution is -2.01. The van der Waals surface area contributed by atoms with Crippen LogP contribution in [0.4, 0.5) is 0 Å². The van der Waals surface area contributed by atoms with Crippen molar-refractivity contribution in [2.45, 2.75) is 52.0 Å². The fraction of sp³-hybridized carbons (Fsp3) is 0.296. The monoisotopic (exact) mass is 490 g/mol. The maximum atomic E-state index is 5.26. The maximum absolute atomic E-state index is 5.26. The lowest BCUT2D eigenvalue weighted by molar-refractivity contribution is 0.566. The molecule has 3 aromatic carbocycles. The highest BCUT2D eigenvalue weighted by Crippen LogP contribution is 2.39. The van der Waals surface area contributed by atoms with E-state index in [0.29, 0.717) is 0 Å². The number of imidazole rings is 1. The predicted molar refractivity (Wildman–Crippen MR) is 139 cm³/mol. The van der Waals surface area contributed by atoms with Crippen molar-refractivity contribution in [3.05, 3.63) is 64.5 Å². The molecule has 0 saturated carbocycles. The molecule has 31 heavy (non-hydrogen) atoms. The van der Waals surface area contributed by atoms with Gasteiger partial charge in [-0.25, -0.2) is 4.98 Å². The van der Waals surface area contributed by atoms with Crippen LogP contribution in [0.2, 0.25) is 0 Å². The maximum Gasteiger partial charge on any atom is 0.151 e. The van der Waals surface area contributed by atoms with Gasteiger partial charge in [-0.2, -0.15) is 0 Å². The summed E-state index contributed by atoms with van der Waals surface area (Å²) in [5, 5.41) is 5.15. The lowest BCUT2D eigenvalue weighted by atomic mass is 10.00. The molecular weight excluding hydrogens is 464 g/mol. The Balaban J connectivity index is 1.70. The van der Waals surface area contributed by atoms with Gasteiger partial charge in [0.1, 0.15) is 0 Å². The molecule has 5 aromatic rings. The molecule has 0 aliphatic heterocycles. The fourth-order valence-electron chi connectivity index (χ4n) is 4.65. The smallest absolute Gasteiger partial charge is 0.151 e. The van der Waals surface area contributed by atoms with E-state index in [1.807, 2.05) is 0 Å². The zero-order valence-corrected chi connectivity index (χ0v) is 20.3. The summed E-state index contributed by atoms with van der Waals surface area (Å²) in [4.78, 5) is 6.48. The van der Waals surface area contributed by atoms with Gasteiger partial charge in [-0.1, -0.05) is 87.6 Å². The van der Waals surface area contributed by atoms with Crippen LogP contribution >= 0.6 is 27.3 Å². The highest BCUT2D eigenvalue weighted by Gasteiger charge is 2.19. The molecule has 2 aromatic heterocycles. The number of unbranched alkanes of at least 4 members (excludes halogenated alkanes) is 5. The third-order valence-electron chi connectivity index (χ3n) is 6.15. The summed E-state index contributed by atoms with van der Waals surface area (Å²) < 4.78 is 3.64. The molecule has 0 unspecified atom stereocenters. The Hall–Kier alpha value is -2.17. The number of aromatic nitrogens is 2. The molecule has 0 amide bonds. The molecule has 4 heteroatoms. The lowest BCUT2D eigenvalue weighted by Gasteiger charge is -2.12. The van der Waals surface area contributed by atoms with E-state index in [4.69, 9.17) is 4.98 Å². The molecule has 0 aliphatic rings. The number of benzene rings is 3. The largest absolute Gasteiger partial charge is 0.323 e. The van der Waals surface area contributed by atoms with Crippen molar-refractivity contribution < 1.29 is 0 Å². The third-order valence-corrected chi connectivity index (χ3v) is 7.77. The van der Waals surface area contributed by atoms with Crippen LogP contribution in [0.25, 0.3) is 43.3 Å². The van der Waals surface area contributed by atoms with Crippen LogP contribution in [-0.4, -0.2) is 9.55 Å². The van der Waals surface area contributed by atoms with Crippen molar-refractivity contribution >= 4 is 59.8 Å². The normalized spacial score (nSPS) is 11.8. The van der Waals surface area contributed by atoms with Crippen LogP contribution in [0.15, 0.2) is 64.5 Å². The molecule has 2 heterocycles. The molecular formula is C27H27BrN2S. The second kappa shape index (κ2) is 9.13. The highest BCUT2D eigenvalue weighted by molar-refractivity contribution is 9.11. The molecule has 0 bridgehead atoms. The number of aryl methyl sites for hydroxylation is 1. The van der Waals surface area contributed by atoms with E-state index in [-0.39, 0.29) is 0 Å². The summed E-state index contributed by atoms with van der Waals surface area (Å²) in [5.74, 6) is 1.10. The molecule has 0 saturated heterocycles. The van der Waals surface area contributed by atoms with Crippen molar-refractivity contribution in [3.8, 4) is 10.7 Å². The van der Waals surface area contributed by atoms with E-state index < -0.39 is 0 Å². The standard InChI is InChI=1S/C27H27BrN2S/c1-2-3-4-5-6-11-18-30-26-22-15-10-8-13-20(22)19-12-7-9-14-21(19)25(26)29-27(30)23-16-17-24(28)31-23/h7-10,12-17H,2-6,11,18H2,1H3. The Bertz CT molecular complexity index is 1350. The number of nitrogens with zero attached hydrogens (tertiary/aromatic N) is 2. The minimum atomic E-state index is 1.01. The number of hydrogen-bond donors (Lipinski definition) is 0. The van der Waals surface area contributed by atoms with Gasteiger partial charge in [0.05, 0.1) is 19.7 Å². The SMILES string of the molecule is CCCCCCCCn1c(-c2ccc(Br)s2)nc2c3ccccc3c3ccccc3c21. The van der Waals surface area contributed by atoms with Gasteiger partial charge >= 0.3 is 0 Å². The minimum Gasteiger partial charge on any atom is -0.323 e. The van der Waals surface area contributed by atoms with Crippen LogP contribution in [0.1, 0.15) is 45.4 Å². The first-order valence-corrected chi connectivity index (χ1v) is 12.9. The van der Waals surface area contributed by atoms with E-state index in [1.54, 1.807) is 11.3 Å². The molecule has 2 nitrogen and oxygen atoms in total. The average Bonchev–Trinajstić information content (AvgIpc) is 3.40. The third kappa shape index (κ3) is 3.92. The van der Waals surface area contributed by atoms with Crippen LogP contribution in [0, 0.1) is 0 Å². The molecule has 0 aliphatic carbocycles. The summed E-state index contributed by atoms with van der Waals surface area (Å²) in [5.41, 5.74) is 2.40. The van der Waals surface area contributed by atoms with Gasteiger partial charge in [0.15, 0.2) is 5.82 Å². The second-order valence-corrected chi connectivity index (χ2v) is 10.7. The van der Waals surface area contributed by atoms with Gasteiger partial charge in [0.2, 0.25) is 0 Å². The van der Waals surface area contributed by atoms with Crippen LogP contribution < -0.4 is 0 Å². The first kappa shape index (κ1) is 20.7. The summed E-state index contributed by atoms with van der Waals surface area (Å²) in [7, 11) is 0. The number of thiophene rings is 1. The van der Waals surface area contributed by atoms with E-state index in [2.05, 4.69) is 88.1 Å². The first-order chi connectivity index (χ1) is 15.3. The molecule has 0 fully saturated rings. The Kier molecular flexibility index (Phi) is 6.10. The molecule has 0 atom stereocenters. The topological polar surface area (TPSA) is 17.8 Å². The second-order valence-electron chi connectivity index (χ2n) is 8.25. The van der Waals surface area contributed by atoms with Crippen LogP contribution in [0.3, 0.4) is 0 Å². The Morgan fingerprint density at radius 2 is 1.42 bits per heavy atom. The van der Waals surface area contributed by atoms with E-state index in [1.165, 1.54) is 70.5 Å². The number of fused-ring (bicyclic) bond motifs is 6. The first-order valence-electron chi connectivity index (χ1n) is 11.3. The fourth-order valence-corrected chi connectivity index (χ4v) is 6.04. The Labute approximate surface area is 196 Å². The molecule has 158 valence electrons. The van der Waals surface area contributed by atoms with Crippen molar-refractivity contribution in [1.29, 1.82) is 0 Å². The summed E-state index contributed by atoms with van der Waals surface area (Å²) in [6, 6.07) is 21.8. The van der Waals surface area contributed by atoms with Gasteiger partial charge in [0.25, 0.3) is 0 Å². The Morgan fingerprint density at radius 1 is 0.774 bits per heavy atom. The zero-order valence-electron chi connectivity index (χ0n) is 17.9. The number of rotatable bonds is 8. The summed E-state index contributed by atoms with van der Waals surface area (Å²) >= 11 is 5.41. The van der Waals surface area contributed by atoms with Gasteiger partial charge in [-0.3, -0.25) is 0 Å². The number of halogens is 1. The van der Waals surface area contributed by atoms with Crippen LogP contribution in [-0.2, 0) is 6.54 Å². The van der Waals surface area contributed by atoms with Gasteiger partial charge in [0, 0.05) is 17.3 Å². The Morgan fingerprint density at radius 3 is 2.13 bits per heavy atom. The van der Waals surface area contributed by atoms with Crippen molar-refractivity contribution in [3.63, 3.8) is 0 Å². The van der Waals surface area contributed by atoms with Gasteiger partial charge in [-0.15, -0.1) is 11.3 Å². The van der Waals surface area contributed by atoms with E-state index >= 15 is 0 Å². The van der Waals surface area contributed by atoms with Gasteiger partial charge in [-0.05, 0) is 45.3 Å². The van der Waals surface area contributed by atoms with Crippen LogP contribution in [0.5, 0.6) is 0 Å². The van der Waals surface area contributed by atoms with Crippen molar-refractivity contribution in [1.82, 2.24) is 9.55 Å². The van der Waals surface area contributed by atoms with Crippen molar-refractivity contribution in [2.24, 2.45) is 0 Å². The van der Waals surface area contributed by atoms with Gasteiger partial charge < -0.3 is 4.57 Å². The molecule has 0 N–H and O–H groups in total. The van der Waals surface area contributed by atoms with E-state index in [9.17, 15) is 0 Å². The average molecular weight is 491 g/mol. The van der Waals surface area contributed by atoms with Crippen molar-refractivity contribution in [2.75, 3.05) is 0 Å². The molecule has 0 spiro atoms. The quantitative estimate of drug-likeness (QED) is 0.156. The summed E-state index contributed by atoms with van der Waals surface area (Å²) in [6.07, 6.45) is 7.78. The van der Waals surface area contributed by atoms with E-state index in [0.717, 1.165) is 21.7 Å². The predicted octanol–water partition coefficient (Wildman–Crippen LogP) is 9.19. The minimum absolute atomic E-state index is 1.01. The zero-order chi connectivity index (χ0) is 21.2. The highest BCUT2D eigenvalue weighted by atomic mass is 79.9.